The zero-order chi connectivity index (χ0) is 22.6. The van der Waals surface area contributed by atoms with Gasteiger partial charge in [0.15, 0.2) is 0 Å². The number of nitriles is 1. The Morgan fingerprint density at radius 2 is 1.52 bits per heavy atom. The monoisotopic (exact) mass is 424 g/mol. The first kappa shape index (κ1) is 20.5. The second kappa shape index (κ2) is 9.02. The Morgan fingerprint density at radius 1 is 0.818 bits per heavy atom. The molecule has 0 aliphatic heterocycles. The summed E-state index contributed by atoms with van der Waals surface area (Å²) in [5.41, 5.74) is 8.71. The maximum atomic E-state index is 9.58. The van der Waals surface area contributed by atoms with Crippen molar-refractivity contribution in [2.75, 3.05) is 0 Å². The second-order valence-corrected chi connectivity index (χ2v) is 8.31. The number of benzene rings is 4. The zero-order valence-corrected chi connectivity index (χ0v) is 18.5. The predicted octanol–water partition coefficient (Wildman–Crippen LogP) is 7.86. The molecular formula is C31H24N2. The minimum atomic E-state index is 0.0173. The molecule has 2 nitrogen and oxygen atoms in total. The molecule has 0 amide bonds. The summed E-state index contributed by atoms with van der Waals surface area (Å²) in [5, 5.41) is 10.7. The van der Waals surface area contributed by atoms with Gasteiger partial charge in [-0.3, -0.25) is 0 Å². The van der Waals surface area contributed by atoms with Gasteiger partial charge in [0.1, 0.15) is 0 Å². The van der Waals surface area contributed by atoms with Crippen LogP contribution in [0.25, 0.3) is 28.2 Å². The third-order valence-electron chi connectivity index (χ3n) is 6.06. The van der Waals surface area contributed by atoms with E-state index in [4.69, 9.17) is 0 Å². The molecule has 1 aromatic heterocycles. The molecule has 0 aliphatic carbocycles. The van der Waals surface area contributed by atoms with Gasteiger partial charge in [-0.2, -0.15) is 5.26 Å². The number of nitrogens with one attached hydrogen (secondary N) is 1. The van der Waals surface area contributed by atoms with E-state index in [0.717, 1.165) is 27.7 Å². The first-order valence-electron chi connectivity index (χ1n) is 11.1. The molecule has 0 fully saturated rings. The van der Waals surface area contributed by atoms with Gasteiger partial charge in [-0.25, -0.2) is 0 Å². The third kappa shape index (κ3) is 4.22. The van der Waals surface area contributed by atoms with E-state index in [-0.39, 0.29) is 5.92 Å². The minimum absolute atomic E-state index is 0.0173. The Bertz CT molecular complexity index is 1450. The van der Waals surface area contributed by atoms with Crippen LogP contribution in [0.5, 0.6) is 0 Å². The average molecular weight is 425 g/mol. The second-order valence-electron chi connectivity index (χ2n) is 8.31. The summed E-state index contributed by atoms with van der Waals surface area (Å²) in [4.78, 5) is 3.65. The van der Waals surface area contributed by atoms with Crippen molar-refractivity contribution >= 4 is 17.0 Å². The van der Waals surface area contributed by atoms with Crippen molar-refractivity contribution in [3.63, 3.8) is 0 Å². The molecule has 0 saturated heterocycles. The largest absolute Gasteiger partial charge is 0.354 e. The van der Waals surface area contributed by atoms with E-state index in [9.17, 15) is 5.26 Å². The molecule has 2 heteroatoms. The summed E-state index contributed by atoms with van der Waals surface area (Å²) in [6.07, 6.45) is 4.46. The van der Waals surface area contributed by atoms with Crippen LogP contribution in [0.2, 0.25) is 0 Å². The van der Waals surface area contributed by atoms with E-state index >= 15 is 0 Å². The number of hydrogen-bond acceptors (Lipinski definition) is 1. The van der Waals surface area contributed by atoms with Crippen molar-refractivity contribution in [3.05, 3.63) is 137 Å². The lowest BCUT2D eigenvalue weighted by Gasteiger charge is -2.17. The van der Waals surface area contributed by atoms with Crippen LogP contribution < -0.4 is 0 Å². The van der Waals surface area contributed by atoms with Crippen LogP contribution in [0.15, 0.2) is 109 Å². The van der Waals surface area contributed by atoms with Crippen LogP contribution in [-0.2, 0) is 0 Å². The van der Waals surface area contributed by atoms with E-state index < -0.39 is 0 Å². The molecule has 0 bridgehead atoms. The van der Waals surface area contributed by atoms with Crippen LogP contribution >= 0.6 is 0 Å². The van der Waals surface area contributed by atoms with E-state index in [1.54, 1.807) is 0 Å². The van der Waals surface area contributed by atoms with E-state index in [2.05, 4.69) is 103 Å². The number of rotatable bonds is 5. The topological polar surface area (TPSA) is 39.6 Å². The molecule has 1 atom stereocenters. The standard InChI is InChI=1S/C31H24N2/c1-22-12-16-25(17-13-22)27(18-14-23-8-4-2-5-9-23)30-28-20-24(21-32)15-19-29(28)33-31(30)26-10-6-3-7-11-26/h2-20,27,33H,1H3/b18-14+. The van der Waals surface area contributed by atoms with Crippen molar-refractivity contribution in [2.45, 2.75) is 12.8 Å². The summed E-state index contributed by atoms with van der Waals surface area (Å²) in [6.45, 7) is 2.11. The van der Waals surface area contributed by atoms with Gasteiger partial charge >= 0.3 is 0 Å². The molecule has 0 aliphatic rings. The van der Waals surface area contributed by atoms with E-state index in [0.29, 0.717) is 5.56 Å². The van der Waals surface area contributed by atoms with Gasteiger partial charge in [0, 0.05) is 16.8 Å². The number of aryl methyl sites for hydroxylation is 1. The first-order chi connectivity index (χ1) is 16.2. The molecule has 1 heterocycles. The molecule has 0 saturated carbocycles. The molecule has 1 N–H and O–H groups in total. The van der Waals surface area contributed by atoms with Crippen LogP contribution in [-0.4, -0.2) is 4.98 Å². The van der Waals surface area contributed by atoms with Gasteiger partial charge < -0.3 is 4.98 Å². The third-order valence-corrected chi connectivity index (χ3v) is 6.06. The van der Waals surface area contributed by atoms with Gasteiger partial charge in [-0.1, -0.05) is 103 Å². The number of fused-ring (bicyclic) bond motifs is 1. The van der Waals surface area contributed by atoms with Crippen LogP contribution in [0.3, 0.4) is 0 Å². The fraction of sp³-hybridized carbons (Fsp3) is 0.0645. The highest BCUT2D eigenvalue weighted by Crippen LogP contribution is 2.40. The smallest absolute Gasteiger partial charge is 0.0991 e. The number of hydrogen-bond donors (Lipinski definition) is 1. The van der Waals surface area contributed by atoms with Gasteiger partial charge in [-0.05, 0) is 47.4 Å². The SMILES string of the molecule is Cc1ccc(C(/C=C/c2ccccc2)c2c(-c3ccccc3)[nH]c3ccc(C#N)cc23)cc1. The van der Waals surface area contributed by atoms with Gasteiger partial charge in [0.25, 0.3) is 0 Å². The minimum Gasteiger partial charge on any atom is -0.354 e. The predicted molar refractivity (Wildman–Crippen MR) is 137 cm³/mol. The first-order valence-corrected chi connectivity index (χ1v) is 11.1. The highest BCUT2D eigenvalue weighted by atomic mass is 14.7. The highest BCUT2D eigenvalue weighted by molar-refractivity contribution is 5.93. The van der Waals surface area contributed by atoms with Gasteiger partial charge in [0.05, 0.1) is 17.3 Å². The van der Waals surface area contributed by atoms with Crippen molar-refractivity contribution in [2.24, 2.45) is 0 Å². The Kier molecular flexibility index (Phi) is 5.62. The average Bonchev–Trinajstić information content (AvgIpc) is 3.25. The maximum absolute atomic E-state index is 9.58. The van der Waals surface area contributed by atoms with Crippen molar-refractivity contribution in [1.82, 2.24) is 4.98 Å². The quantitative estimate of drug-likeness (QED) is 0.306. The number of H-pyrrole nitrogens is 1. The van der Waals surface area contributed by atoms with Crippen molar-refractivity contribution < 1.29 is 0 Å². The number of nitrogens with zero attached hydrogens (tertiary/aromatic N) is 1. The fourth-order valence-electron chi connectivity index (χ4n) is 4.36. The lowest BCUT2D eigenvalue weighted by atomic mass is 9.86. The summed E-state index contributed by atoms with van der Waals surface area (Å²) in [5.74, 6) is 0.0173. The van der Waals surface area contributed by atoms with E-state index in [1.807, 2.05) is 30.3 Å². The molecule has 158 valence electrons. The molecule has 33 heavy (non-hydrogen) atoms. The normalized spacial score (nSPS) is 12.1. The molecule has 5 rings (SSSR count). The zero-order valence-electron chi connectivity index (χ0n) is 18.5. The summed E-state index contributed by atoms with van der Waals surface area (Å²) < 4.78 is 0. The molecule has 4 aromatic carbocycles. The van der Waals surface area contributed by atoms with Crippen molar-refractivity contribution in [3.8, 4) is 17.3 Å². The number of aromatic nitrogens is 1. The Morgan fingerprint density at radius 3 is 2.21 bits per heavy atom. The lowest BCUT2D eigenvalue weighted by molar-refractivity contribution is 1.04. The van der Waals surface area contributed by atoms with Gasteiger partial charge in [-0.15, -0.1) is 0 Å². The van der Waals surface area contributed by atoms with Crippen LogP contribution in [0, 0.1) is 18.3 Å². The molecule has 5 aromatic rings. The molecule has 0 spiro atoms. The van der Waals surface area contributed by atoms with E-state index in [1.165, 1.54) is 16.7 Å². The van der Waals surface area contributed by atoms with Crippen molar-refractivity contribution in [1.29, 1.82) is 5.26 Å². The number of allylic oxidation sites excluding steroid dienone is 1. The summed E-state index contributed by atoms with van der Waals surface area (Å²) >= 11 is 0. The summed E-state index contributed by atoms with van der Waals surface area (Å²) in [6, 6.07) is 37.7. The molecular weight excluding hydrogens is 400 g/mol. The molecule has 0 radical (unpaired) electrons. The fourth-order valence-corrected chi connectivity index (χ4v) is 4.36. The number of aromatic amines is 1. The highest BCUT2D eigenvalue weighted by Gasteiger charge is 2.22. The summed E-state index contributed by atoms with van der Waals surface area (Å²) in [7, 11) is 0. The van der Waals surface area contributed by atoms with Gasteiger partial charge in [0.2, 0.25) is 0 Å². The van der Waals surface area contributed by atoms with Crippen LogP contribution in [0.1, 0.15) is 33.7 Å². The molecule has 1 unspecified atom stereocenters. The Hall–Kier alpha value is -4.35. The lowest BCUT2D eigenvalue weighted by Crippen LogP contribution is -2.00. The Balaban J connectivity index is 1.78. The maximum Gasteiger partial charge on any atom is 0.0991 e. The van der Waals surface area contributed by atoms with Crippen LogP contribution in [0.4, 0.5) is 0 Å². The Labute approximate surface area is 194 Å².